The highest BCUT2D eigenvalue weighted by Gasteiger charge is 2.26. The van der Waals surface area contributed by atoms with Gasteiger partial charge in [0, 0.05) is 30.5 Å². The number of carboxylic acid groups (broad SMARTS) is 1. The largest absolute Gasteiger partial charge is 0.480 e. The molecule has 1 rings (SSSR count). The van der Waals surface area contributed by atoms with E-state index in [4.69, 9.17) is 10.4 Å². The maximum Gasteiger partial charge on any atom is 0.326 e. The molecule has 0 saturated heterocycles. The number of anilines is 1. The number of nitrogens with one attached hydrogen (secondary N) is 2. The first kappa shape index (κ1) is 17.2. The summed E-state index contributed by atoms with van der Waals surface area (Å²) in [7, 11) is 0. The quantitative estimate of drug-likeness (QED) is 0.733. The molecule has 0 radical (unpaired) electrons. The summed E-state index contributed by atoms with van der Waals surface area (Å²) in [5, 5.41) is 22.7. The van der Waals surface area contributed by atoms with Crippen molar-refractivity contribution in [3.05, 3.63) is 29.8 Å². The van der Waals surface area contributed by atoms with Crippen LogP contribution in [0.3, 0.4) is 0 Å². The molecule has 0 unspecified atom stereocenters. The molecule has 2 atom stereocenters. The standard InChI is InChI=1S/C15H17N3O4/c1-9(7-8-16)13(15(21)22)18-14(20)11-3-5-12(6-4-11)17-10(2)19/h3-6,9,13H,7H2,1-2H3,(H,17,19)(H,18,20)(H,21,22)/t9-,13+/m1/s1. The monoisotopic (exact) mass is 303 g/mol. The summed E-state index contributed by atoms with van der Waals surface area (Å²) >= 11 is 0. The Balaban J connectivity index is 2.80. The van der Waals surface area contributed by atoms with E-state index in [0.717, 1.165) is 0 Å². The minimum Gasteiger partial charge on any atom is -0.480 e. The predicted molar refractivity (Wildman–Crippen MR) is 79.0 cm³/mol. The fraction of sp³-hybridized carbons (Fsp3) is 0.333. The third-order valence-electron chi connectivity index (χ3n) is 3.00. The van der Waals surface area contributed by atoms with E-state index in [2.05, 4.69) is 10.6 Å². The second-order valence-electron chi connectivity index (χ2n) is 4.89. The average molecular weight is 303 g/mol. The molecular weight excluding hydrogens is 286 g/mol. The van der Waals surface area contributed by atoms with Crippen LogP contribution in [0.25, 0.3) is 0 Å². The number of hydrogen-bond donors (Lipinski definition) is 3. The van der Waals surface area contributed by atoms with Crippen LogP contribution in [0.5, 0.6) is 0 Å². The van der Waals surface area contributed by atoms with Crippen molar-refractivity contribution >= 4 is 23.5 Å². The van der Waals surface area contributed by atoms with E-state index in [9.17, 15) is 14.4 Å². The van der Waals surface area contributed by atoms with E-state index in [-0.39, 0.29) is 17.9 Å². The van der Waals surface area contributed by atoms with E-state index < -0.39 is 23.8 Å². The van der Waals surface area contributed by atoms with Gasteiger partial charge in [0.05, 0.1) is 6.07 Å². The highest BCUT2D eigenvalue weighted by molar-refractivity contribution is 5.97. The molecule has 0 bridgehead atoms. The molecule has 0 aliphatic heterocycles. The average Bonchev–Trinajstić information content (AvgIpc) is 2.44. The van der Waals surface area contributed by atoms with Crippen molar-refractivity contribution in [2.75, 3.05) is 5.32 Å². The zero-order valence-electron chi connectivity index (χ0n) is 12.3. The molecule has 22 heavy (non-hydrogen) atoms. The lowest BCUT2D eigenvalue weighted by Crippen LogP contribution is -2.45. The van der Waals surface area contributed by atoms with Crippen molar-refractivity contribution in [2.45, 2.75) is 26.3 Å². The van der Waals surface area contributed by atoms with Crippen LogP contribution in [0.15, 0.2) is 24.3 Å². The molecule has 1 aromatic rings. The number of rotatable bonds is 6. The van der Waals surface area contributed by atoms with Gasteiger partial charge in [0.15, 0.2) is 0 Å². The van der Waals surface area contributed by atoms with Crippen molar-refractivity contribution in [2.24, 2.45) is 5.92 Å². The summed E-state index contributed by atoms with van der Waals surface area (Å²) in [6.07, 6.45) is 0.0265. The third-order valence-corrected chi connectivity index (χ3v) is 3.00. The van der Waals surface area contributed by atoms with Crippen LogP contribution in [-0.2, 0) is 9.59 Å². The van der Waals surface area contributed by atoms with Crippen LogP contribution in [0.1, 0.15) is 30.6 Å². The fourth-order valence-corrected chi connectivity index (χ4v) is 1.84. The van der Waals surface area contributed by atoms with E-state index in [1.165, 1.54) is 19.1 Å². The summed E-state index contributed by atoms with van der Waals surface area (Å²) in [6.45, 7) is 2.96. The molecule has 2 amide bonds. The summed E-state index contributed by atoms with van der Waals surface area (Å²) in [6, 6.07) is 6.80. The summed E-state index contributed by atoms with van der Waals surface area (Å²) in [5.74, 6) is -2.48. The summed E-state index contributed by atoms with van der Waals surface area (Å²) < 4.78 is 0. The van der Waals surface area contributed by atoms with Crippen molar-refractivity contribution in [1.29, 1.82) is 5.26 Å². The lowest BCUT2D eigenvalue weighted by Gasteiger charge is -2.19. The van der Waals surface area contributed by atoms with Gasteiger partial charge in [-0.25, -0.2) is 4.79 Å². The first-order valence-electron chi connectivity index (χ1n) is 6.63. The zero-order chi connectivity index (χ0) is 16.7. The lowest BCUT2D eigenvalue weighted by molar-refractivity contribution is -0.140. The molecule has 116 valence electrons. The fourth-order valence-electron chi connectivity index (χ4n) is 1.84. The van der Waals surface area contributed by atoms with Crippen molar-refractivity contribution < 1.29 is 19.5 Å². The normalized spacial score (nSPS) is 12.6. The SMILES string of the molecule is CC(=O)Nc1ccc(C(=O)N[C@H](C(=O)O)[C@H](C)CC#N)cc1. The maximum atomic E-state index is 12.1. The van der Waals surface area contributed by atoms with Gasteiger partial charge in [0.25, 0.3) is 5.91 Å². The van der Waals surface area contributed by atoms with Gasteiger partial charge in [-0.3, -0.25) is 9.59 Å². The van der Waals surface area contributed by atoms with E-state index in [1.807, 2.05) is 6.07 Å². The minimum absolute atomic E-state index is 0.0265. The van der Waals surface area contributed by atoms with Crippen LogP contribution in [0.2, 0.25) is 0 Å². The number of benzene rings is 1. The first-order valence-corrected chi connectivity index (χ1v) is 6.63. The van der Waals surface area contributed by atoms with Crippen molar-refractivity contribution in [3.63, 3.8) is 0 Å². The van der Waals surface area contributed by atoms with Gasteiger partial charge in [-0.05, 0) is 24.3 Å². The summed E-state index contributed by atoms with van der Waals surface area (Å²) in [4.78, 5) is 34.2. The van der Waals surface area contributed by atoms with Crippen molar-refractivity contribution in [3.8, 4) is 6.07 Å². The van der Waals surface area contributed by atoms with E-state index >= 15 is 0 Å². The second kappa shape index (κ2) is 7.78. The number of carboxylic acids is 1. The Morgan fingerprint density at radius 3 is 2.32 bits per heavy atom. The Hall–Kier alpha value is -2.88. The number of nitrogens with zero attached hydrogens (tertiary/aromatic N) is 1. The molecule has 7 nitrogen and oxygen atoms in total. The molecular formula is C15H17N3O4. The Morgan fingerprint density at radius 1 is 1.27 bits per heavy atom. The maximum absolute atomic E-state index is 12.1. The molecule has 3 N–H and O–H groups in total. The van der Waals surface area contributed by atoms with Crippen LogP contribution >= 0.6 is 0 Å². The van der Waals surface area contributed by atoms with Crippen LogP contribution in [0, 0.1) is 17.2 Å². The molecule has 1 aromatic carbocycles. The van der Waals surface area contributed by atoms with E-state index in [0.29, 0.717) is 5.69 Å². The first-order chi connectivity index (χ1) is 10.3. The van der Waals surface area contributed by atoms with Crippen molar-refractivity contribution in [1.82, 2.24) is 5.32 Å². The number of carbonyl (C=O) groups excluding carboxylic acids is 2. The highest BCUT2D eigenvalue weighted by Crippen LogP contribution is 2.12. The number of aliphatic carboxylic acids is 1. The number of amides is 2. The van der Waals surface area contributed by atoms with Gasteiger partial charge in [0.2, 0.25) is 5.91 Å². The molecule has 0 fully saturated rings. The number of carbonyl (C=O) groups is 3. The van der Waals surface area contributed by atoms with Gasteiger partial charge < -0.3 is 15.7 Å². The number of hydrogen-bond acceptors (Lipinski definition) is 4. The minimum atomic E-state index is -1.19. The smallest absolute Gasteiger partial charge is 0.326 e. The molecule has 0 aliphatic carbocycles. The topological polar surface area (TPSA) is 119 Å². The van der Waals surface area contributed by atoms with E-state index in [1.54, 1.807) is 19.1 Å². The molecule has 0 spiro atoms. The Kier molecular flexibility index (Phi) is 6.08. The zero-order valence-corrected chi connectivity index (χ0v) is 12.3. The molecule has 0 saturated carbocycles. The van der Waals surface area contributed by atoms with Crippen LogP contribution in [-0.4, -0.2) is 28.9 Å². The van der Waals surface area contributed by atoms with Crippen LogP contribution in [0.4, 0.5) is 5.69 Å². The van der Waals surface area contributed by atoms with Gasteiger partial charge in [-0.1, -0.05) is 6.92 Å². The van der Waals surface area contributed by atoms with Crippen LogP contribution < -0.4 is 10.6 Å². The molecule has 7 heteroatoms. The van der Waals surface area contributed by atoms with Gasteiger partial charge >= 0.3 is 5.97 Å². The molecule has 0 heterocycles. The van der Waals surface area contributed by atoms with Gasteiger partial charge in [0.1, 0.15) is 6.04 Å². The summed E-state index contributed by atoms with van der Waals surface area (Å²) in [5.41, 5.74) is 0.807. The second-order valence-corrected chi connectivity index (χ2v) is 4.89. The molecule has 0 aromatic heterocycles. The lowest BCUT2D eigenvalue weighted by atomic mass is 9.98. The number of nitriles is 1. The third kappa shape index (κ3) is 4.90. The predicted octanol–water partition coefficient (Wildman–Crippen LogP) is 1.38. The molecule has 0 aliphatic rings. The van der Waals surface area contributed by atoms with Gasteiger partial charge in [-0.2, -0.15) is 5.26 Å². The highest BCUT2D eigenvalue weighted by atomic mass is 16.4. The Labute approximate surface area is 127 Å². The Bertz CT molecular complexity index is 604. The Morgan fingerprint density at radius 2 is 1.86 bits per heavy atom. The van der Waals surface area contributed by atoms with Gasteiger partial charge in [-0.15, -0.1) is 0 Å².